The number of furan rings is 1. The van der Waals surface area contributed by atoms with Crippen molar-refractivity contribution < 1.29 is 14.0 Å². The monoisotopic (exact) mass is 379 g/mol. The molecule has 0 aliphatic rings. The first kappa shape index (κ1) is 19.2. The predicted octanol–water partition coefficient (Wildman–Crippen LogP) is 3.42. The van der Waals surface area contributed by atoms with E-state index in [1.165, 1.54) is 12.3 Å². The zero-order valence-corrected chi connectivity index (χ0v) is 15.8. The standard InChI is InChI=1S/C21H21N3O4/c1-21(2,3)24-20(27)13-7-4-5-8-15(13)22-18(25)14-10-11-16(23-19(14)26)17-9-6-12-28-17/h4-12H,1-3H3,(H,22,25)(H,23,26)(H,24,27). The smallest absolute Gasteiger partial charge is 0.261 e. The van der Waals surface area contributed by atoms with Crippen LogP contribution in [-0.2, 0) is 0 Å². The van der Waals surface area contributed by atoms with Crippen LogP contribution in [0.4, 0.5) is 5.69 Å². The number of rotatable bonds is 4. The van der Waals surface area contributed by atoms with E-state index in [1.54, 1.807) is 42.5 Å². The molecule has 0 unspecified atom stereocenters. The van der Waals surface area contributed by atoms with Crippen LogP contribution >= 0.6 is 0 Å². The molecule has 3 rings (SSSR count). The molecule has 7 heteroatoms. The van der Waals surface area contributed by atoms with Gasteiger partial charge in [-0.3, -0.25) is 14.4 Å². The number of benzene rings is 1. The zero-order chi connectivity index (χ0) is 20.3. The van der Waals surface area contributed by atoms with Crippen molar-refractivity contribution in [1.29, 1.82) is 0 Å². The summed E-state index contributed by atoms with van der Waals surface area (Å²) in [5.41, 5.74) is 0.0616. The Hall–Kier alpha value is -3.61. The number of pyridine rings is 1. The van der Waals surface area contributed by atoms with E-state index in [0.717, 1.165) is 0 Å². The normalized spacial score (nSPS) is 11.1. The van der Waals surface area contributed by atoms with E-state index < -0.39 is 17.0 Å². The van der Waals surface area contributed by atoms with E-state index in [1.807, 2.05) is 20.8 Å². The van der Waals surface area contributed by atoms with Crippen molar-refractivity contribution in [1.82, 2.24) is 10.3 Å². The second kappa shape index (κ2) is 7.56. The second-order valence-corrected chi connectivity index (χ2v) is 7.30. The van der Waals surface area contributed by atoms with Crippen LogP contribution in [0.3, 0.4) is 0 Å². The highest BCUT2D eigenvalue weighted by atomic mass is 16.3. The van der Waals surface area contributed by atoms with Gasteiger partial charge in [-0.05, 0) is 57.2 Å². The SMILES string of the molecule is CC(C)(C)NC(=O)c1ccccc1NC(=O)c1ccc(-c2ccco2)[nH]c1=O. The molecule has 7 nitrogen and oxygen atoms in total. The van der Waals surface area contributed by atoms with Gasteiger partial charge in [-0.1, -0.05) is 12.1 Å². The molecule has 0 spiro atoms. The molecule has 3 N–H and O–H groups in total. The van der Waals surface area contributed by atoms with Gasteiger partial charge in [0.1, 0.15) is 11.3 Å². The topological polar surface area (TPSA) is 104 Å². The van der Waals surface area contributed by atoms with E-state index in [2.05, 4.69) is 15.6 Å². The number of nitrogens with one attached hydrogen (secondary N) is 3. The fourth-order valence-electron chi connectivity index (χ4n) is 2.62. The van der Waals surface area contributed by atoms with Gasteiger partial charge in [0.15, 0.2) is 0 Å². The van der Waals surface area contributed by atoms with Gasteiger partial charge < -0.3 is 20.0 Å². The number of hydrogen-bond acceptors (Lipinski definition) is 4. The minimum absolute atomic E-state index is 0.0682. The maximum Gasteiger partial charge on any atom is 0.261 e. The summed E-state index contributed by atoms with van der Waals surface area (Å²) in [6, 6.07) is 13.0. The third-order valence-electron chi connectivity index (χ3n) is 3.85. The fraction of sp³-hybridized carbons (Fsp3) is 0.190. The van der Waals surface area contributed by atoms with E-state index in [0.29, 0.717) is 22.7 Å². The molecule has 28 heavy (non-hydrogen) atoms. The molecule has 0 fully saturated rings. The molecule has 0 bridgehead atoms. The van der Waals surface area contributed by atoms with E-state index >= 15 is 0 Å². The van der Waals surface area contributed by atoms with Crippen molar-refractivity contribution in [2.45, 2.75) is 26.3 Å². The molecule has 2 amide bonds. The summed E-state index contributed by atoms with van der Waals surface area (Å²) in [4.78, 5) is 40.1. The predicted molar refractivity (Wildman–Crippen MR) is 106 cm³/mol. The number of carbonyl (C=O) groups excluding carboxylic acids is 2. The summed E-state index contributed by atoms with van der Waals surface area (Å²) in [6.45, 7) is 5.60. The Morgan fingerprint density at radius 1 is 0.929 bits per heavy atom. The van der Waals surface area contributed by atoms with Crippen LogP contribution in [-0.4, -0.2) is 22.3 Å². The number of anilines is 1. The average Bonchev–Trinajstić information content (AvgIpc) is 3.15. The Bertz CT molecular complexity index is 1060. The van der Waals surface area contributed by atoms with E-state index in [4.69, 9.17) is 4.42 Å². The molecule has 3 aromatic rings. The Balaban J connectivity index is 1.84. The maximum atomic E-state index is 12.6. The molecule has 0 saturated carbocycles. The Kier molecular flexibility index (Phi) is 5.17. The Morgan fingerprint density at radius 2 is 1.68 bits per heavy atom. The number of H-pyrrole nitrogens is 1. The molecule has 0 aliphatic carbocycles. The van der Waals surface area contributed by atoms with Gasteiger partial charge in [-0.2, -0.15) is 0 Å². The first-order chi connectivity index (χ1) is 13.2. The summed E-state index contributed by atoms with van der Waals surface area (Å²) >= 11 is 0. The number of para-hydroxylation sites is 1. The lowest BCUT2D eigenvalue weighted by Crippen LogP contribution is -2.41. The molecule has 144 valence electrons. The van der Waals surface area contributed by atoms with Crippen LogP contribution in [0.15, 0.2) is 64.0 Å². The lowest BCUT2D eigenvalue weighted by atomic mass is 10.1. The number of aromatic amines is 1. The lowest BCUT2D eigenvalue weighted by Gasteiger charge is -2.21. The molecular formula is C21H21N3O4. The van der Waals surface area contributed by atoms with Crippen LogP contribution in [0.2, 0.25) is 0 Å². The van der Waals surface area contributed by atoms with Gasteiger partial charge in [-0.25, -0.2) is 0 Å². The molecular weight excluding hydrogens is 358 g/mol. The number of carbonyl (C=O) groups is 2. The number of aromatic nitrogens is 1. The van der Waals surface area contributed by atoms with Crippen molar-refractivity contribution in [2.24, 2.45) is 0 Å². The van der Waals surface area contributed by atoms with Crippen LogP contribution in [0.5, 0.6) is 0 Å². The highest BCUT2D eigenvalue weighted by molar-refractivity contribution is 6.09. The Morgan fingerprint density at radius 3 is 2.32 bits per heavy atom. The molecule has 0 atom stereocenters. The van der Waals surface area contributed by atoms with Crippen LogP contribution in [0, 0.1) is 0 Å². The molecule has 0 radical (unpaired) electrons. The summed E-state index contributed by atoms with van der Waals surface area (Å²) < 4.78 is 5.24. The van der Waals surface area contributed by atoms with Crippen LogP contribution in [0.1, 0.15) is 41.5 Å². The minimum atomic E-state index is -0.608. The number of amides is 2. The van der Waals surface area contributed by atoms with E-state index in [-0.39, 0.29) is 11.5 Å². The lowest BCUT2D eigenvalue weighted by molar-refractivity contribution is 0.0920. The summed E-state index contributed by atoms with van der Waals surface area (Å²) in [7, 11) is 0. The minimum Gasteiger partial charge on any atom is -0.463 e. The van der Waals surface area contributed by atoms with Crippen molar-refractivity contribution in [3.8, 4) is 11.5 Å². The fourth-order valence-corrected chi connectivity index (χ4v) is 2.62. The molecule has 1 aromatic carbocycles. The highest BCUT2D eigenvalue weighted by Crippen LogP contribution is 2.18. The second-order valence-electron chi connectivity index (χ2n) is 7.30. The summed E-state index contributed by atoms with van der Waals surface area (Å²) in [5, 5.41) is 5.50. The molecule has 2 aromatic heterocycles. The highest BCUT2D eigenvalue weighted by Gasteiger charge is 2.20. The molecule has 0 aliphatic heterocycles. The van der Waals surface area contributed by atoms with Gasteiger partial charge >= 0.3 is 0 Å². The molecule has 2 heterocycles. The van der Waals surface area contributed by atoms with Crippen molar-refractivity contribution >= 4 is 17.5 Å². The molecule has 0 saturated heterocycles. The van der Waals surface area contributed by atoms with E-state index in [9.17, 15) is 14.4 Å². The Labute approximate surface area is 161 Å². The first-order valence-corrected chi connectivity index (χ1v) is 8.75. The van der Waals surface area contributed by atoms with Crippen LogP contribution in [0.25, 0.3) is 11.5 Å². The first-order valence-electron chi connectivity index (χ1n) is 8.75. The van der Waals surface area contributed by atoms with Gasteiger partial charge in [0.05, 0.1) is 23.2 Å². The largest absolute Gasteiger partial charge is 0.463 e. The quantitative estimate of drug-likeness (QED) is 0.646. The van der Waals surface area contributed by atoms with Gasteiger partial charge in [0.25, 0.3) is 17.4 Å². The number of hydrogen-bond donors (Lipinski definition) is 3. The van der Waals surface area contributed by atoms with Crippen molar-refractivity contribution in [3.05, 3.63) is 76.3 Å². The maximum absolute atomic E-state index is 12.6. The average molecular weight is 379 g/mol. The van der Waals surface area contributed by atoms with Crippen molar-refractivity contribution in [2.75, 3.05) is 5.32 Å². The zero-order valence-electron chi connectivity index (χ0n) is 15.8. The third kappa shape index (κ3) is 4.37. The van der Waals surface area contributed by atoms with Gasteiger partial charge in [0, 0.05) is 5.54 Å². The third-order valence-corrected chi connectivity index (χ3v) is 3.85. The van der Waals surface area contributed by atoms with Crippen LogP contribution < -0.4 is 16.2 Å². The summed E-state index contributed by atoms with van der Waals surface area (Å²) in [5.74, 6) is -0.429. The van der Waals surface area contributed by atoms with Gasteiger partial charge in [-0.15, -0.1) is 0 Å². The summed E-state index contributed by atoms with van der Waals surface area (Å²) in [6.07, 6.45) is 1.49. The van der Waals surface area contributed by atoms with Gasteiger partial charge in [0.2, 0.25) is 0 Å². The van der Waals surface area contributed by atoms with Crippen molar-refractivity contribution in [3.63, 3.8) is 0 Å².